The molecule has 0 saturated heterocycles. The van der Waals surface area contributed by atoms with Gasteiger partial charge in [0, 0.05) is 31.4 Å². The maximum atomic E-state index is 12.8. The maximum absolute atomic E-state index is 12.8. The third-order valence-electron chi connectivity index (χ3n) is 5.29. The molecule has 2 aromatic carbocycles. The number of carbonyl (C=O) groups excluding carboxylic acids is 1. The highest BCUT2D eigenvalue weighted by atomic mass is 35.5. The summed E-state index contributed by atoms with van der Waals surface area (Å²) in [4.78, 5) is 15.0. The summed E-state index contributed by atoms with van der Waals surface area (Å²) in [6, 6.07) is 13.1. The highest BCUT2D eigenvalue weighted by molar-refractivity contribution is 6.33. The van der Waals surface area contributed by atoms with E-state index in [0.717, 1.165) is 18.5 Å². The second kappa shape index (κ2) is 7.89. The van der Waals surface area contributed by atoms with E-state index in [2.05, 4.69) is 22.4 Å². The van der Waals surface area contributed by atoms with Crippen molar-refractivity contribution in [3.63, 3.8) is 0 Å². The van der Waals surface area contributed by atoms with Gasteiger partial charge in [-0.15, -0.1) is 0 Å². The number of fused-ring (bicyclic) bond motifs is 1. The number of carbonyl (C=O) groups is 1. The average Bonchev–Trinajstić information content (AvgIpc) is 3.28. The Labute approximate surface area is 174 Å². The molecule has 0 spiro atoms. The van der Waals surface area contributed by atoms with Crippen molar-refractivity contribution in [2.45, 2.75) is 19.4 Å². The molecule has 1 amide bonds. The van der Waals surface area contributed by atoms with Crippen LogP contribution < -0.4 is 10.2 Å². The molecular formula is C22H22ClN3O3. The molecule has 0 aliphatic carbocycles. The van der Waals surface area contributed by atoms with E-state index in [0.29, 0.717) is 27.6 Å². The highest BCUT2D eigenvalue weighted by Crippen LogP contribution is 2.31. The van der Waals surface area contributed by atoms with Crippen molar-refractivity contribution in [2.75, 3.05) is 25.0 Å². The summed E-state index contributed by atoms with van der Waals surface area (Å²) < 4.78 is 5.24. The lowest BCUT2D eigenvalue weighted by molar-refractivity contribution is 0.0915. The summed E-state index contributed by atoms with van der Waals surface area (Å²) in [5.74, 6) is 0.0334. The Kier molecular flexibility index (Phi) is 5.30. The molecule has 3 aromatic rings. The van der Waals surface area contributed by atoms with Crippen LogP contribution in [0.15, 0.2) is 47.0 Å². The molecule has 1 atom stereocenters. The van der Waals surface area contributed by atoms with Gasteiger partial charge >= 0.3 is 0 Å². The minimum Gasteiger partial charge on any atom is -0.387 e. The number of aliphatic hydroxyl groups excluding tert-OH is 1. The smallest absolute Gasteiger partial charge is 0.257 e. The fourth-order valence-electron chi connectivity index (χ4n) is 3.67. The topological polar surface area (TPSA) is 78.6 Å². The Bertz CT molecular complexity index is 1060. The second-order valence-electron chi connectivity index (χ2n) is 7.23. The third kappa shape index (κ3) is 3.73. The predicted octanol–water partition coefficient (Wildman–Crippen LogP) is 3.76. The number of rotatable bonds is 5. The van der Waals surface area contributed by atoms with E-state index in [1.807, 2.05) is 30.3 Å². The summed E-state index contributed by atoms with van der Waals surface area (Å²) in [6.07, 6.45) is 0.152. The standard InChI is InChI=1S/C22H22ClN3O3/c1-13-20(21(25-29-13)16-5-3-4-6-17(16)23)22(28)24-12-19(27)15-7-8-18-14(11-15)9-10-26(18)2/h3-8,11,19,27H,9-10,12H2,1-2H3,(H,24,28)/t19-/m1/s1. The quantitative estimate of drug-likeness (QED) is 0.668. The van der Waals surface area contributed by atoms with Crippen LogP contribution in [0.3, 0.4) is 0 Å². The first-order valence-corrected chi connectivity index (χ1v) is 9.85. The molecule has 0 unspecified atom stereocenters. The maximum Gasteiger partial charge on any atom is 0.257 e. The van der Waals surface area contributed by atoms with Crippen LogP contribution >= 0.6 is 11.6 Å². The largest absolute Gasteiger partial charge is 0.387 e. The van der Waals surface area contributed by atoms with E-state index in [-0.39, 0.29) is 12.5 Å². The second-order valence-corrected chi connectivity index (χ2v) is 7.63. The van der Waals surface area contributed by atoms with Crippen LogP contribution in [0.2, 0.25) is 5.02 Å². The first kappa shape index (κ1) is 19.5. The van der Waals surface area contributed by atoms with Crippen LogP contribution in [0.25, 0.3) is 11.3 Å². The van der Waals surface area contributed by atoms with Crippen molar-refractivity contribution in [1.82, 2.24) is 10.5 Å². The summed E-state index contributed by atoms with van der Waals surface area (Å²) in [7, 11) is 2.06. The summed E-state index contributed by atoms with van der Waals surface area (Å²) in [5, 5.41) is 17.9. The number of nitrogens with zero attached hydrogens (tertiary/aromatic N) is 2. The molecule has 0 fully saturated rings. The number of benzene rings is 2. The van der Waals surface area contributed by atoms with Crippen molar-refractivity contribution in [3.8, 4) is 11.3 Å². The molecule has 29 heavy (non-hydrogen) atoms. The Morgan fingerprint density at radius 2 is 2.14 bits per heavy atom. The Morgan fingerprint density at radius 1 is 1.34 bits per heavy atom. The van der Waals surface area contributed by atoms with Gasteiger partial charge < -0.3 is 19.8 Å². The van der Waals surface area contributed by atoms with E-state index in [1.54, 1.807) is 19.1 Å². The first-order valence-electron chi connectivity index (χ1n) is 9.47. The minimum absolute atomic E-state index is 0.0834. The van der Waals surface area contributed by atoms with Crippen LogP contribution in [0.5, 0.6) is 0 Å². The van der Waals surface area contributed by atoms with Crippen molar-refractivity contribution < 1.29 is 14.4 Å². The number of anilines is 1. The number of aryl methyl sites for hydroxylation is 1. The fourth-order valence-corrected chi connectivity index (χ4v) is 3.89. The number of hydrogen-bond acceptors (Lipinski definition) is 5. The molecular weight excluding hydrogens is 390 g/mol. The van der Waals surface area contributed by atoms with Crippen LogP contribution in [0, 0.1) is 6.92 Å². The van der Waals surface area contributed by atoms with Crippen LogP contribution in [0.1, 0.15) is 33.3 Å². The molecule has 2 N–H and O–H groups in total. The van der Waals surface area contributed by atoms with E-state index in [9.17, 15) is 9.90 Å². The zero-order chi connectivity index (χ0) is 20.5. The molecule has 4 rings (SSSR count). The van der Waals surface area contributed by atoms with Crippen LogP contribution in [-0.2, 0) is 6.42 Å². The first-order chi connectivity index (χ1) is 14.0. The van der Waals surface area contributed by atoms with E-state index >= 15 is 0 Å². The lowest BCUT2D eigenvalue weighted by Crippen LogP contribution is -2.29. The van der Waals surface area contributed by atoms with E-state index in [1.165, 1.54) is 11.3 Å². The monoisotopic (exact) mass is 411 g/mol. The molecule has 1 aliphatic rings. The zero-order valence-electron chi connectivity index (χ0n) is 16.3. The van der Waals surface area contributed by atoms with Crippen LogP contribution in [-0.4, -0.2) is 36.3 Å². The molecule has 1 aromatic heterocycles. The van der Waals surface area contributed by atoms with Gasteiger partial charge in [0.15, 0.2) is 0 Å². The normalized spacial score (nSPS) is 14.0. The van der Waals surface area contributed by atoms with Gasteiger partial charge in [0.25, 0.3) is 5.91 Å². The highest BCUT2D eigenvalue weighted by Gasteiger charge is 2.24. The Hall–Kier alpha value is -2.83. The molecule has 2 heterocycles. The summed E-state index contributed by atoms with van der Waals surface area (Å²) in [5.41, 5.74) is 4.52. The number of halogens is 1. The summed E-state index contributed by atoms with van der Waals surface area (Å²) in [6.45, 7) is 2.74. The number of hydrogen-bond donors (Lipinski definition) is 2. The molecule has 0 saturated carbocycles. The van der Waals surface area contributed by atoms with Gasteiger partial charge in [-0.2, -0.15) is 0 Å². The van der Waals surface area contributed by atoms with Crippen molar-refractivity contribution >= 4 is 23.2 Å². The molecule has 150 valence electrons. The fraction of sp³-hybridized carbons (Fsp3) is 0.273. The van der Waals surface area contributed by atoms with Gasteiger partial charge in [-0.1, -0.05) is 47.1 Å². The zero-order valence-corrected chi connectivity index (χ0v) is 17.0. The third-order valence-corrected chi connectivity index (χ3v) is 5.62. The average molecular weight is 412 g/mol. The van der Waals surface area contributed by atoms with Gasteiger partial charge in [-0.25, -0.2) is 0 Å². The number of amides is 1. The molecule has 6 nitrogen and oxygen atoms in total. The number of likely N-dealkylation sites (N-methyl/N-ethyl adjacent to an activating group) is 1. The van der Waals surface area contributed by atoms with Gasteiger partial charge in [0.05, 0.1) is 11.1 Å². The van der Waals surface area contributed by atoms with E-state index in [4.69, 9.17) is 16.1 Å². The van der Waals surface area contributed by atoms with Gasteiger partial charge in [-0.3, -0.25) is 4.79 Å². The number of aromatic nitrogens is 1. The lowest BCUT2D eigenvalue weighted by atomic mass is 10.0. The van der Waals surface area contributed by atoms with Crippen molar-refractivity contribution in [1.29, 1.82) is 0 Å². The van der Waals surface area contributed by atoms with Crippen molar-refractivity contribution in [2.24, 2.45) is 0 Å². The van der Waals surface area contributed by atoms with Crippen molar-refractivity contribution in [3.05, 3.63) is 69.9 Å². The molecule has 7 heteroatoms. The number of nitrogens with one attached hydrogen (secondary N) is 1. The van der Waals surface area contributed by atoms with Gasteiger partial charge in [-0.05, 0) is 36.6 Å². The molecule has 0 bridgehead atoms. The lowest BCUT2D eigenvalue weighted by Gasteiger charge is -2.15. The molecule has 0 radical (unpaired) electrons. The van der Waals surface area contributed by atoms with E-state index < -0.39 is 6.10 Å². The number of aliphatic hydroxyl groups is 1. The SMILES string of the molecule is Cc1onc(-c2ccccc2Cl)c1C(=O)NC[C@@H](O)c1ccc2c(c1)CCN2C. The van der Waals surface area contributed by atoms with Gasteiger partial charge in [0.1, 0.15) is 17.0 Å². The minimum atomic E-state index is -0.806. The van der Waals surface area contributed by atoms with Crippen LogP contribution in [0.4, 0.5) is 5.69 Å². The molecule has 1 aliphatic heterocycles. The Balaban J connectivity index is 1.50. The van der Waals surface area contributed by atoms with Gasteiger partial charge in [0.2, 0.25) is 0 Å². The Morgan fingerprint density at radius 3 is 2.93 bits per heavy atom. The predicted molar refractivity (Wildman–Crippen MR) is 112 cm³/mol. The summed E-state index contributed by atoms with van der Waals surface area (Å²) >= 11 is 6.25.